The van der Waals surface area contributed by atoms with Crippen LogP contribution in [0.5, 0.6) is 5.75 Å². The molecule has 0 bridgehead atoms. The van der Waals surface area contributed by atoms with E-state index in [0.717, 1.165) is 19.6 Å². The van der Waals surface area contributed by atoms with E-state index in [9.17, 15) is 4.39 Å². The summed E-state index contributed by atoms with van der Waals surface area (Å²) in [7, 11) is 0. The van der Waals surface area contributed by atoms with E-state index in [1.807, 2.05) is 0 Å². The van der Waals surface area contributed by atoms with Crippen molar-refractivity contribution < 1.29 is 9.13 Å². The summed E-state index contributed by atoms with van der Waals surface area (Å²) in [4.78, 5) is 2.32. The van der Waals surface area contributed by atoms with E-state index in [1.165, 1.54) is 25.0 Å². The lowest BCUT2D eigenvalue weighted by molar-refractivity contribution is 0.238. The van der Waals surface area contributed by atoms with E-state index in [4.69, 9.17) is 16.2 Å². The van der Waals surface area contributed by atoms with Gasteiger partial charge < -0.3 is 16.2 Å². The zero-order valence-corrected chi connectivity index (χ0v) is 9.79. The number of likely N-dealkylation sites (tertiary alicyclic amines) is 1. The number of halogens is 1. The average molecular weight is 239 g/mol. The molecule has 0 unspecified atom stereocenters. The van der Waals surface area contributed by atoms with Gasteiger partial charge in [0.2, 0.25) is 0 Å². The minimum Gasteiger partial charge on any atom is -0.490 e. The Morgan fingerprint density at radius 2 is 1.94 bits per heavy atom. The quantitative estimate of drug-likeness (QED) is 0.781. The summed E-state index contributed by atoms with van der Waals surface area (Å²) in [6.07, 6.45) is 2.49. The second kappa shape index (κ2) is 5.23. The van der Waals surface area contributed by atoms with E-state index < -0.39 is 5.82 Å². The number of rotatable bonds is 4. The van der Waals surface area contributed by atoms with E-state index in [2.05, 4.69) is 4.90 Å². The Morgan fingerprint density at radius 3 is 2.65 bits per heavy atom. The molecule has 0 radical (unpaired) electrons. The molecule has 1 fully saturated rings. The Labute approximate surface area is 100 Å². The van der Waals surface area contributed by atoms with Crippen LogP contribution < -0.4 is 16.2 Å². The molecule has 0 aliphatic carbocycles. The Hall–Kier alpha value is -1.49. The Morgan fingerprint density at radius 1 is 1.24 bits per heavy atom. The van der Waals surface area contributed by atoms with Gasteiger partial charge in [-0.05, 0) is 32.0 Å². The molecule has 0 saturated carbocycles. The molecule has 1 aromatic rings. The van der Waals surface area contributed by atoms with Crippen molar-refractivity contribution in [2.75, 3.05) is 37.7 Å². The van der Waals surface area contributed by atoms with E-state index in [-0.39, 0.29) is 5.69 Å². The number of benzene rings is 1. The highest BCUT2D eigenvalue weighted by Gasteiger charge is 2.12. The first-order valence-electron chi connectivity index (χ1n) is 5.86. The van der Waals surface area contributed by atoms with Crippen molar-refractivity contribution in [3.63, 3.8) is 0 Å². The maximum atomic E-state index is 13.1. The highest BCUT2D eigenvalue weighted by atomic mass is 19.1. The molecule has 0 spiro atoms. The lowest BCUT2D eigenvalue weighted by atomic mass is 10.2. The second-order valence-corrected chi connectivity index (χ2v) is 4.30. The fourth-order valence-corrected chi connectivity index (χ4v) is 2.02. The van der Waals surface area contributed by atoms with Gasteiger partial charge in [-0.3, -0.25) is 4.90 Å². The van der Waals surface area contributed by atoms with Crippen molar-refractivity contribution in [2.24, 2.45) is 0 Å². The molecule has 0 atom stereocenters. The van der Waals surface area contributed by atoms with E-state index in [1.54, 1.807) is 0 Å². The molecule has 17 heavy (non-hydrogen) atoms. The summed E-state index contributed by atoms with van der Waals surface area (Å²) in [5.74, 6) is -0.0884. The summed E-state index contributed by atoms with van der Waals surface area (Å²) in [5, 5.41) is 0. The molecule has 4 nitrogen and oxygen atoms in total. The number of hydrogen-bond donors (Lipinski definition) is 2. The predicted octanol–water partition coefficient (Wildman–Crippen LogP) is 1.46. The first-order chi connectivity index (χ1) is 8.16. The Bertz CT molecular complexity index is 392. The van der Waals surface area contributed by atoms with Crippen LogP contribution in [0.3, 0.4) is 0 Å². The van der Waals surface area contributed by atoms with Crippen LogP contribution in [-0.2, 0) is 0 Å². The molecule has 5 heteroatoms. The molecule has 2 rings (SSSR count). The first-order valence-corrected chi connectivity index (χ1v) is 5.86. The van der Waals surface area contributed by atoms with Gasteiger partial charge in [0.25, 0.3) is 0 Å². The van der Waals surface area contributed by atoms with Gasteiger partial charge in [-0.2, -0.15) is 0 Å². The van der Waals surface area contributed by atoms with Crippen molar-refractivity contribution in [1.82, 2.24) is 4.90 Å². The fraction of sp³-hybridized carbons (Fsp3) is 0.500. The van der Waals surface area contributed by atoms with Gasteiger partial charge in [0, 0.05) is 12.6 Å². The van der Waals surface area contributed by atoms with Gasteiger partial charge in [-0.1, -0.05) is 0 Å². The normalized spacial score (nSPS) is 16.3. The average Bonchev–Trinajstić information content (AvgIpc) is 2.78. The summed E-state index contributed by atoms with van der Waals surface area (Å²) >= 11 is 0. The van der Waals surface area contributed by atoms with Gasteiger partial charge >= 0.3 is 0 Å². The SMILES string of the molecule is Nc1cc(F)cc(OCCN2CCCC2)c1N. The van der Waals surface area contributed by atoms with Crippen molar-refractivity contribution in [1.29, 1.82) is 0 Å². The minimum absolute atomic E-state index is 0.223. The molecule has 0 aromatic heterocycles. The third-order valence-electron chi connectivity index (χ3n) is 3.00. The number of anilines is 2. The van der Waals surface area contributed by atoms with Crippen LogP contribution in [0.25, 0.3) is 0 Å². The van der Waals surface area contributed by atoms with Crippen LogP contribution in [0.15, 0.2) is 12.1 Å². The summed E-state index contributed by atoms with van der Waals surface area (Å²) in [5.41, 5.74) is 11.8. The van der Waals surface area contributed by atoms with Crippen LogP contribution in [-0.4, -0.2) is 31.1 Å². The molecular weight excluding hydrogens is 221 g/mol. The molecule has 1 heterocycles. The predicted molar refractivity (Wildman–Crippen MR) is 66.4 cm³/mol. The maximum Gasteiger partial charge on any atom is 0.147 e. The number of nitrogens with two attached hydrogens (primary N) is 2. The van der Waals surface area contributed by atoms with Crippen molar-refractivity contribution in [2.45, 2.75) is 12.8 Å². The monoisotopic (exact) mass is 239 g/mol. The third-order valence-corrected chi connectivity index (χ3v) is 3.00. The maximum absolute atomic E-state index is 13.1. The number of ether oxygens (including phenoxy) is 1. The number of nitrogen functional groups attached to an aromatic ring is 2. The minimum atomic E-state index is -0.423. The molecule has 1 aliphatic rings. The number of hydrogen-bond acceptors (Lipinski definition) is 4. The summed E-state index contributed by atoms with van der Waals surface area (Å²) < 4.78 is 18.6. The lowest BCUT2D eigenvalue weighted by Crippen LogP contribution is -2.25. The fourth-order valence-electron chi connectivity index (χ4n) is 2.02. The molecule has 94 valence electrons. The van der Waals surface area contributed by atoms with Crippen molar-refractivity contribution >= 4 is 11.4 Å². The van der Waals surface area contributed by atoms with Gasteiger partial charge in [-0.15, -0.1) is 0 Å². The largest absolute Gasteiger partial charge is 0.490 e. The third kappa shape index (κ3) is 3.00. The molecular formula is C12H18FN3O. The van der Waals surface area contributed by atoms with Crippen LogP contribution in [0.2, 0.25) is 0 Å². The van der Waals surface area contributed by atoms with Crippen LogP contribution in [0.4, 0.5) is 15.8 Å². The zero-order chi connectivity index (χ0) is 12.3. The smallest absolute Gasteiger partial charge is 0.147 e. The van der Waals surface area contributed by atoms with Crippen molar-refractivity contribution in [3.8, 4) is 5.75 Å². The van der Waals surface area contributed by atoms with Crippen LogP contribution in [0, 0.1) is 5.82 Å². The Balaban J connectivity index is 1.89. The molecule has 1 aliphatic heterocycles. The second-order valence-electron chi connectivity index (χ2n) is 4.30. The Kier molecular flexibility index (Phi) is 3.68. The summed E-state index contributed by atoms with van der Waals surface area (Å²) in [6, 6.07) is 2.47. The van der Waals surface area contributed by atoms with Crippen molar-refractivity contribution in [3.05, 3.63) is 17.9 Å². The summed E-state index contributed by atoms with van der Waals surface area (Å²) in [6.45, 7) is 3.58. The topological polar surface area (TPSA) is 64.5 Å². The molecule has 4 N–H and O–H groups in total. The molecule has 1 saturated heterocycles. The first kappa shape index (κ1) is 12.0. The zero-order valence-electron chi connectivity index (χ0n) is 9.79. The van der Waals surface area contributed by atoms with Crippen LogP contribution in [0.1, 0.15) is 12.8 Å². The highest BCUT2D eigenvalue weighted by Crippen LogP contribution is 2.28. The standard InChI is InChI=1S/C12H18FN3O/c13-9-7-10(14)12(15)11(8-9)17-6-5-16-3-1-2-4-16/h7-8H,1-6,14-15H2. The van der Waals surface area contributed by atoms with Gasteiger partial charge in [0.15, 0.2) is 0 Å². The van der Waals surface area contributed by atoms with Crippen LogP contribution >= 0.6 is 0 Å². The molecule has 0 amide bonds. The highest BCUT2D eigenvalue weighted by molar-refractivity contribution is 5.70. The van der Waals surface area contributed by atoms with Gasteiger partial charge in [-0.25, -0.2) is 4.39 Å². The van der Waals surface area contributed by atoms with E-state index >= 15 is 0 Å². The van der Waals surface area contributed by atoms with Gasteiger partial charge in [0.1, 0.15) is 18.2 Å². The van der Waals surface area contributed by atoms with E-state index in [0.29, 0.717) is 18.0 Å². The number of nitrogens with zero attached hydrogens (tertiary/aromatic N) is 1. The molecule has 1 aromatic carbocycles. The lowest BCUT2D eigenvalue weighted by Gasteiger charge is -2.16. The van der Waals surface area contributed by atoms with Gasteiger partial charge in [0.05, 0.1) is 11.4 Å².